The second kappa shape index (κ2) is 8.62. The lowest BCUT2D eigenvalue weighted by atomic mass is 9.92. The van der Waals surface area contributed by atoms with Gasteiger partial charge in [0.05, 0.1) is 22.8 Å². The van der Waals surface area contributed by atoms with Crippen molar-refractivity contribution in [3.63, 3.8) is 0 Å². The van der Waals surface area contributed by atoms with Crippen molar-refractivity contribution in [3.05, 3.63) is 80.8 Å². The minimum Gasteiger partial charge on any atom is -0.462 e. The van der Waals surface area contributed by atoms with Crippen LogP contribution in [0.5, 0.6) is 0 Å². The van der Waals surface area contributed by atoms with E-state index in [1.54, 1.807) is 25.1 Å². The van der Waals surface area contributed by atoms with Gasteiger partial charge in [-0.15, -0.1) is 0 Å². The van der Waals surface area contributed by atoms with E-state index in [4.69, 9.17) is 27.9 Å². The molecule has 2 heterocycles. The number of esters is 1. The van der Waals surface area contributed by atoms with E-state index in [0.717, 1.165) is 42.6 Å². The van der Waals surface area contributed by atoms with Crippen LogP contribution in [0.25, 0.3) is 5.69 Å². The number of carbonyl (C=O) groups excluding carboxylic acids is 2. The van der Waals surface area contributed by atoms with E-state index in [0.29, 0.717) is 17.7 Å². The molecule has 0 radical (unpaired) electrons. The smallest absolute Gasteiger partial charge is 0.338 e. The number of nitrogens with zero attached hydrogens (tertiary/aromatic N) is 2. The van der Waals surface area contributed by atoms with Crippen molar-refractivity contribution in [1.29, 1.82) is 0 Å². The Hall–Kier alpha value is -2.63. The molecule has 5 nitrogen and oxygen atoms in total. The molecule has 2 aromatic heterocycles. The van der Waals surface area contributed by atoms with Gasteiger partial charge in [0, 0.05) is 29.3 Å². The van der Waals surface area contributed by atoms with Crippen molar-refractivity contribution in [3.8, 4) is 5.69 Å². The molecule has 1 aromatic carbocycles. The number of ketones is 1. The summed E-state index contributed by atoms with van der Waals surface area (Å²) < 4.78 is 7.07. The summed E-state index contributed by atoms with van der Waals surface area (Å²) in [6.07, 6.45) is 7.09. The molecule has 1 aliphatic rings. The van der Waals surface area contributed by atoms with Crippen molar-refractivity contribution in [1.82, 2.24) is 9.55 Å². The Balaban J connectivity index is 1.77. The summed E-state index contributed by atoms with van der Waals surface area (Å²) in [5.74, 6) is -0.576. The average Bonchev–Trinajstić information content (AvgIpc) is 3.13. The molecule has 30 heavy (non-hydrogen) atoms. The van der Waals surface area contributed by atoms with E-state index in [1.807, 2.05) is 22.9 Å². The minimum atomic E-state index is -0.352. The highest BCUT2D eigenvalue weighted by atomic mass is 35.5. The number of benzene rings is 1. The van der Waals surface area contributed by atoms with Gasteiger partial charge in [0.15, 0.2) is 5.78 Å². The first-order chi connectivity index (χ1) is 14.5. The molecule has 0 N–H and O–H groups in total. The lowest BCUT2D eigenvalue weighted by Gasteiger charge is -2.16. The van der Waals surface area contributed by atoms with E-state index in [9.17, 15) is 9.59 Å². The highest BCUT2D eigenvalue weighted by Gasteiger charge is 2.27. The lowest BCUT2D eigenvalue weighted by Crippen LogP contribution is -2.10. The van der Waals surface area contributed by atoms with Crippen molar-refractivity contribution in [2.24, 2.45) is 0 Å². The van der Waals surface area contributed by atoms with Crippen LogP contribution in [0.3, 0.4) is 0 Å². The van der Waals surface area contributed by atoms with Crippen LogP contribution in [0.4, 0.5) is 0 Å². The van der Waals surface area contributed by atoms with Gasteiger partial charge in [-0.05, 0) is 68.5 Å². The first kappa shape index (κ1) is 20.6. The van der Waals surface area contributed by atoms with E-state index in [-0.39, 0.29) is 27.5 Å². The number of halogens is 2. The number of carbonyl (C=O) groups is 2. The maximum absolute atomic E-state index is 13.3. The monoisotopic (exact) mass is 442 g/mol. The normalized spacial score (nSPS) is 13.0. The Bertz CT molecular complexity index is 1100. The fraction of sp³-hybridized carbons (Fsp3) is 0.261. The third kappa shape index (κ3) is 3.75. The molecule has 0 fully saturated rings. The Morgan fingerprint density at radius 2 is 1.83 bits per heavy atom. The van der Waals surface area contributed by atoms with Gasteiger partial charge in [0.2, 0.25) is 0 Å². The summed E-state index contributed by atoms with van der Waals surface area (Å²) in [7, 11) is 0. The predicted molar refractivity (Wildman–Crippen MR) is 116 cm³/mol. The van der Waals surface area contributed by atoms with E-state index >= 15 is 0 Å². The molecule has 0 aliphatic heterocycles. The fourth-order valence-corrected chi connectivity index (χ4v) is 4.40. The number of ether oxygens (including phenoxy) is 1. The van der Waals surface area contributed by atoms with Gasteiger partial charge in [-0.1, -0.05) is 23.2 Å². The zero-order valence-corrected chi connectivity index (χ0v) is 18.0. The second-order valence-electron chi connectivity index (χ2n) is 7.10. The maximum atomic E-state index is 13.3. The van der Waals surface area contributed by atoms with Crippen molar-refractivity contribution in [2.45, 2.75) is 32.6 Å². The molecular weight excluding hydrogens is 423 g/mol. The SMILES string of the molecule is CCOC(=O)c1ccc(-n2cc(C(=O)c3c(Cl)ccnc3Cl)c3c2CCCC3)cc1. The van der Waals surface area contributed by atoms with E-state index in [1.165, 1.54) is 6.20 Å². The van der Waals surface area contributed by atoms with Gasteiger partial charge >= 0.3 is 5.97 Å². The molecule has 1 aliphatic carbocycles. The molecule has 0 saturated carbocycles. The third-order valence-electron chi connectivity index (χ3n) is 5.29. The van der Waals surface area contributed by atoms with Gasteiger partial charge in [-0.2, -0.15) is 0 Å². The Labute approximate surface area is 184 Å². The summed E-state index contributed by atoms with van der Waals surface area (Å²) in [5.41, 5.74) is 4.32. The molecular formula is C23H20Cl2N2O3. The highest BCUT2D eigenvalue weighted by Crippen LogP contribution is 2.33. The topological polar surface area (TPSA) is 61.2 Å². The molecule has 154 valence electrons. The standard InChI is InChI=1S/C23H20Cl2N2O3/c1-2-30-23(29)14-7-9-15(10-8-14)27-13-17(16-5-3-4-6-19(16)27)21(28)20-18(24)11-12-26-22(20)25/h7-13H,2-6H2,1H3. The number of hydrogen-bond donors (Lipinski definition) is 0. The number of aromatic nitrogens is 2. The van der Waals surface area contributed by atoms with Crippen LogP contribution >= 0.6 is 23.2 Å². The first-order valence-corrected chi connectivity index (χ1v) is 10.6. The van der Waals surface area contributed by atoms with Crippen LogP contribution in [0, 0.1) is 0 Å². The second-order valence-corrected chi connectivity index (χ2v) is 7.87. The molecule has 7 heteroatoms. The third-order valence-corrected chi connectivity index (χ3v) is 5.90. The lowest BCUT2D eigenvalue weighted by molar-refractivity contribution is 0.0526. The summed E-state index contributed by atoms with van der Waals surface area (Å²) >= 11 is 12.4. The first-order valence-electron chi connectivity index (χ1n) is 9.86. The summed E-state index contributed by atoms with van der Waals surface area (Å²) in [5, 5.41) is 0.389. The van der Waals surface area contributed by atoms with Crippen LogP contribution in [-0.2, 0) is 17.6 Å². The minimum absolute atomic E-state index is 0.101. The molecule has 0 amide bonds. The molecule has 3 aromatic rings. The summed E-state index contributed by atoms with van der Waals surface area (Å²) in [4.78, 5) is 29.3. The van der Waals surface area contributed by atoms with Gasteiger partial charge in [-0.25, -0.2) is 9.78 Å². The van der Waals surface area contributed by atoms with Crippen molar-refractivity contribution < 1.29 is 14.3 Å². The predicted octanol–water partition coefficient (Wildman–Crippen LogP) is 5.47. The highest BCUT2D eigenvalue weighted by molar-refractivity contribution is 6.40. The van der Waals surface area contributed by atoms with Gasteiger partial charge in [0.1, 0.15) is 5.15 Å². The summed E-state index contributed by atoms with van der Waals surface area (Å²) in [6, 6.07) is 8.76. The van der Waals surface area contributed by atoms with Crippen LogP contribution in [0.15, 0.2) is 42.7 Å². The van der Waals surface area contributed by atoms with Gasteiger partial charge < -0.3 is 9.30 Å². The molecule has 0 saturated heterocycles. The summed E-state index contributed by atoms with van der Waals surface area (Å²) in [6.45, 7) is 2.11. The molecule has 0 bridgehead atoms. The number of fused-ring (bicyclic) bond motifs is 1. The van der Waals surface area contributed by atoms with E-state index in [2.05, 4.69) is 4.98 Å². The van der Waals surface area contributed by atoms with Gasteiger partial charge in [0.25, 0.3) is 0 Å². The molecule has 0 unspecified atom stereocenters. The Morgan fingerprint density at radius 3 is 2.53 bits per heavy atom. The molecule has 0 spiro atoms. The average molecular weight is 443 g/mol. The molecule has 0 atom stereocenters. The van der Waals surface area contributed by atoms with Crippen molar-refractivity contribution >= 4 is 35.0 Å². The maximum Gasteiger partial charge on any atom is 0.338 e. The quantitative estimate of drug-likeness (QED) is 0.298. The van der Waals surface area contributed by atoms with Crippen LogP contribution < -0.4 is 0 Å². The number of rotatable bonds is 5. The zero-order valence-electron chi connectivity index (χ0n) is 16.5. The van der Waals surface area contributed by atoms with Crippen LogP contribution in [0.1, 0.15) is 57.3 Å². The van der Waals surface area contributed by atoms with Crippen molar-refractivity contribution in [2.75, 3.05) is 6.61 Å². The van der Waals surface area contributed by atoms with E-state index < -0.39 is 0 Å². The van der Waals surface area contributed by atoms with Crippen LogP contribution in [-0.4, -0.2) is 27.9 Å². The zero-order chi connectivity index (χ0) is 21.3. The largest absolute Gasteiger partial charge is 0.462 e. The number of pyridine rings is 1. The molecule has 4 rings (SSSR count). The Morgan fingerprint density at radius 1 is 1.10 bits per heavy atom. The van der Waals surface area contributed by atoms with Gasteiger partial charge in [-0.3, -0.25) is 4.79 Å². The Kier molecular flexibility index (Phi) is 5.93. The fourth-order valence-electron chi connectivity index (χ4n) is 3.88. The van der Waals surface area contributed by atoms with Crippen LogP contribution in [0.2, 0.25) is 10.2 Å². The number of hydrogen-bond acceptors (Lipinski definition) is 4.